The summed E-state index contributed by atoms with van der Waals surface area (Å²) in [6.45, 7) is 2.53. The van der Waals surface area contributed by atoms with Gasteiger partial charge in [0.25, 0.3) is 4.96 Å². The average Bonchev–Trinajstić information content (AvgIpc) is 3.33. The lowest BCUT2D eigenvalue weighted by Crippen LogP contribution is -2.30. The maximum Gasteiger partial charge on any atom is 0.372 e. The Morgan fingerprint density at radius 1 is 1.46 bits per heavy atom. The minimum atomic E-state index is -0.396. The fourth-order valence-corrected chi connectivity index (χ4v) is 3.91. The van der Waals surface area contributed by atoms with Gasteiger partial charge < -0.3 is 19.8 Å². The van der Waals surface area contributed by atoms with Gasteiger partial charge in [0, 0.05) is 11.9 Å². The quantitative estimate of drug-likeness (QED) is 0.544. The molecular formula is C15H17N5O3S. The predicted octanol–water partition coefficient (Wildman–Crippen LogP) is 3.15. The van der Waals surface area contributed by atoms with Crippen LogP contribution < -0.4 is 5.32 Å². The van der Waals surface area contributed by atoms with Crippen LogP contribution in [0.15, 0.2) is 34.4 Å². The molecule has 1 saturated heterocycles. The Labute approximate surface area is 141 Å². The number of thiazole rings is 1. The minimum absolute atomic E-state index is 0.0223. The molecule has 0 spiro atoms. The van der Waals surface area contributed by atoms with Crippen molar-refractivity contribution in [3.05, 3.63) is 45.8 Å². The number of likely N-dealkylation sites (tertiary alicyclic amines) is 1. The highest BCUT2D eigenvalue weighted by Gasteiger charge is 2.28. The molecule has 0 unspecified atom stereocenters. The Morgan fingerprint density at radius 3 is 3.00 bits per heavy atom. The Kier molecular flexibility index (Phi) is 3.95. The second-order valence-corrected chi connectivity index (χ2v) is 6.62. The number of rotatable bonds is 6. The fraction of sp³-hybridized carbons (Fsp3) is 0.400. The van der Waals surface area contributed by atoms with Crippen LogP contribution in [0.1, 0.15) is 24.6 Å². The Hall–Kier alpha value is -2.39. The van der Waals surface area contributed by atoms with Gasteiger partial charge in [0.2, 0.25) is 5.82 Å². The van der Waals surface area contributed by atoms with E-state index in [-0.39, 0.29) is 11.9 Å². The molecule has 1 N–H and O–H groups in total. The molecule has 0 saturated carbocycles. The molecule has 0 radical (unpaired) electrons. The zero-order valence-electron chi connectivity index (χ0n) is 12.9. The Bertz CT molecular complexity index is 835. The van der Waals surface area contributed by atoms with E-state index in [0.29, 0.717) is 17.3 Å². The first-order chi connectivity index (χ1) is 11.7. The lowest BCUT2D eigenvalue weighted by atomic mass is 10.2. The van der Waals surface area contributed by atoms with Crippen molar-refractivity contribution in [2.45, 2.75) is 18.9 Å². The van der Waals surface area contributed by atoms with Crippen molar-refractivity contribution in [3.8, 4) is 0 Å². The van der Waals surface area contributed by atoms with E-state index in [1.54, 1.807) is 17.8 Å². The van der Waals surface area contributed by atoms with Gasteiger partial charge in [-0.05, 0) is 43.0 Å². The summed E-state index contributed by atoms with van der Waals surface area (Å²) in [7, 11) is 0. The van der Waals surface area contributed by atoms with E-state index in [1.807, 2.05) is 12.1 Å². The normalized spacial score (nSPS) is 16.7. The van der Waals surface area contributed by atoms with Crippen LogP contribution in [-0.2, 0) is 0 Å². The maximum absolute atomic E-state index is 11.4. The molecular weight excluding hydrogens is 330 g/mol. The molecule has 3 aromatic heterocycles. The Morgan fingerprint density at radius 2 is 2.29 bits per heavy atom. The number of hydrogen-bond acceptors (Lipinski definition) is 7. The first kappa shape index (κ1) is 15.2. The zero-order chi connectivity index (χ0) is 16.5. The maximum atomic E-state index is 11.4. The largest absolute Gasteiger partial charge is 0.468 e. The summed E-state index contributed by atoms with van der Waals surface area (Å²) >= 11 is 1.38. The minimum Gasteiger partial charge on any atom is -0.468 e. The topological polar surface area (TPSA) is 88.8 Å². The molecule has 24 heavy (non-hydrogen) atoms. The summed E-state index contributed by atoms with van der Waals surface area (Å²) in [5.74, 6) is 1.15. The lowest BCUT2D eigenvalue weighted by molar-refractivity contribution is -0.389. The summed E-state index contributed by atoms with van der Waals surface area (Å²) in [6, 6.07) is 3.86. The number of anilines is 1. The molecule has 0 amide bonds. The van der Waals surface area contributed by atoms with Crippen LogP contribution in [0.25, 0.3) is 4.96 Å². The SMILES string of the molecule is O=[N+]([O-])c1c(NC[C@@H](c2ccco2)N2CCCC2)nc2sccn12. The standard InChI is InChI=1S/C15H17N5O3S/c21-20(22)14-13(17-15-19(14)7-9-24-15)16-10-11(12-4-3-8-23-12)18-5-1-2-6-18/h3-4,7-9,11,16H,1-2,5-6,10H2/t11-/m0/s1. The number of nitro groups is 1. The zero-order valence-corrected chi connectivity index (χ0v) is 13.7. The third kappa shape index (κ3) is 2.65. The molecule has 0 aromatic carbocycles. The van der Waals surface area contributed by atoms with Crippen LogP contribution in [0.4, 0.5) is 11.6 Å². The number of hydrogen-bond donors (Lipinski definition) is 1. The molecule has 8 nitrogen and oxygen atoms in total. The highest BCUT2D eigenvalue weighted by Crippen LogP contribution is 2.30. The van der Waals surface area contributed by atoms with E-state index in [9.17, 15) is 10.1 Å². The van der Waals surface area contributed by atoms with E-state index < -0.39 is 4.92 Å². The van der Waals surface area contributed by atoms with Crippen molar-refractivity contribution in [2.24, 2.45) is 0 Å². The predicted molar refractivity (Wildman–Crippen MR) is 90.5 cm³/mol. The summed E-state index contributed by atoms with van der Waals surface area (Å²) in [5.41, 5.74) is 0. The average molecular weight is 347 g/mol. The van der Waals surface area contributed by atoms with E-state index in [4.69, 9.17) is 4.42 Å². The van der Waals surface area contributed by atoms with Gasteiger partial charge in [0.15, 0.2) is 0 Å². The summed E-state index contributed by atoms with van der Waals surface area (Å²) in [6.07, 6.45) is 5.66. The van der Waals surface area contributed by atoms with E-state index in [2.05, 4.69) is 15.2 Å². The smallest absolute Gasteiger partial charge is 0.372 e. The van der Waals surface area contributed by atoms with E-state index in [0.717, 1.165) is 31.7 Å². The number of aromatic nitrogens is 2. The van der Waals surface area contributed by atoms with Crippen LogP contribution in [-0.4, -0.2) is 38.8 Å². The van der Waals surface area contributed by atoms with Crippen molar-refractivity contribution in [1.29, 1.82) is 0 Å². The number of nitrogens with one attached hydrogen (secondary N) is 1. The molecule has 1 fully saturated rings. The van der Waals surface area contributed by atoms with Crippen molar-refractivity contribution >= 4 is 27.9 Å². The summed E-state index contributed by atoms with van der Waals surface area (Å²) in [4.78, 5) is 18.3. The van der Waals surface area contributed by atoms with Crippen LogP contribution in [0.3, 0.4) is 0 Å². The first-order valence-corrected chi connectivity index (χ1v) is 8.73. The van der Waals surface area contributed by atoms with Gasteiger partial charge in [-0.1, -0.05) is 11.3 Å². The van der Waals surface area contributed by atoms with Crippen LogP contribution in [0.2, 0.25) is 0 Å². The second kappa shape index (κ2) is 6.25. The first-order valence-electron chi connectivity index (χ1n) is 7.85. The molecule has 3 aromatic rings. The third-order valence-electron chi connectivity index (χ3n) is 4.33. The molecule has 1 aliphatic heterocycles. The van der Waals surface area contributed by atoms with Gasteiger partial charge >= 0.3 is 5.82 Å². The molecule has 0 bridgehead atoms. The summed E-state index contributed by atoms with van der Waals surface area (Å²) in [5, 5.41) is 16.4. The van der Waals surface area contributed by atoms with Crippen molar-refractivity contribution in [3.63, 3.8) is 0 Å². The molecule has 1 aliphatic rings. The molecule has 1 atom stereocenters. The van der Waals surface area contributed by atoms with Gasteiger partial charge in [-0.25, -0.2) is 0 Å². The van der Waals surface area contributed by atoms with E-state index >= 15 is 0 Å². The number of imidazole rings is 1. The number of furan rings is 1. The lowest BCUT2D eigenvalue weighted by Gasteiger charge is -2.25. The van der Waals surface area contributed by atoms with E-state index in [1.165, 1.54) is 15.7 Å². The highest BCUT2D eigenvalue weighted by atomic mass is 32.1. The van der Waals surface area contributed by atoms with Crippen LogP contribution in [0, 0.1) is 10.1 Å². The third-order valence-corrected chi connectivity index (χ3v) is 5.08. The van der Waals surface area contributed by atoms with Crippen LogP contribution in [0.5, 0.6) is 0 Å². The second-order valence-electron chi connectivity index (χ2n) is 5.75. The monoisotopic (exact) mass is 347 g/mol. The van der Waals surface area contributed by atoms with Gasteiger partial charge in [-0.2, -0.15) is 9.38 Å². The van der Waals surface area contributed by atoms with Gasteiger partial charge in [0.05, 0.1) is 12.3 Å². The van der Waals surface area contributed by atoms with Crippen LogP contribution >= 0.6 is 11.3 Å². The van der Waals surface area contributed by atoms with Gasteiger partial charge in [-0.3, -0.25) is 4.90 Å². The molecule has 4 heterocycles. The summed E-state index contributed by atoms with van der Waals surface area (Å²) < 4.78 is 7.08. The molecule has 126 valence electrons. The van der Waals surface area contributed by atoms with Crippen molar-refractivity contribution in [2.75, 3.05) is 25.0 Å². The highest BCUT2D eigenvalue weighted by molar-refractivity contribution is 7.15. The molecule has 0 aliphatic carbocycles. The van der Waals surface area contributed by atoms with Gasteiger partial charge in [0.1, 0.15) is 12.0 Å². The number of fused-ring (bicyclic) bond motifs is 1. The number of nitrogens with zero attached hydrogens (tertiary/aromatic N) is 4. The Balaban J connectivity index is 1.59. The van der Waals surface area contributed by atoms with Crippen molar-refractivity contribution in [1.82, 2.24) is 14.3 Å². The fourth-order valence-electron chi connectivity index (χ4n) is 3.20. The van der Waals surface area contributed by atoms with Gasteiger partial charge in [-0.15, -0.1) is 0 Å². The molecule has 4 rings (SSSR count). The molecule has 9 heteroatoms. The van der Waals surface area contributed by atoms with Crippen molar-refractivity contribution < 1.29 is 9.34 Å².